The van der Waals surface area contributed by atoms with Gasteiger partial charge in [-0.15, -0.1) is 0 Å². The van der Waals surface area contributed by atoms with Crippen molar-refractivity contribution in [2.24, 2.45) is 5.92 Å². The van der Waals surface area contributed by atoms with Crippen LogP contribution in [0.1, 0.15) is 31.4 Å². The Balaban J connectivity index is 1.67. The van der Waals surface area contributed by atoms with E-state index in [1.54, 1.807) is 24.3 Å². The molecular formula is C22H28N2O6S2. The number of amides is 1. The number of hydrogen-bond acceptors (Lipinski definition) is 6. The van der Waals surface area contributed by atoms with E-state index in [9.17, 15) is 21.6 Å². The average Bonchev–Trinajstić information content (AvgIpc) is 2.78. The molecule has 1 amide bonds. The quantitative estimate of drug-likeness (QED) is 0.652. The van der Waals surface area contributed by atoms with Gasteiger partial charge in [0, 0.05) is 19.3 Å². The highest BCUT2D eigenvalue weighted by atomic mass is 32.2. The van der Waals surface area contributed by atoms with Gasteiger partial charge in [-0.2, -0.15) is 4.31 Å². The molecule has 1 aliphatic heterocycles. The first-order valence-electron chi connectivity index (χ1n) is 10.3. The third-order valence-corrected chi connectivity index (χ3v) is 8.63. The number of hydrogen-bond donors (Lipinski definition) is 1. The Hall–Kier alpha value is -2.43. The topological polar surface area (TPSA) is 110 Å². The molecular weight excluding hydrogens is 452 g/mol. The zero-order chi connectivity index (χ0) is 23.5. The van der Waals surface area contributed by atoms with Gasteiger partial charge in [-0.25, -0.2) is 16.8 Å². The highest BCUT2D eigenvalue weighted by molar-refractivity contribution is 7.90. The van der Waals surface area contributed by atoms with E-state index in [1.165, 1.54) is 35.7 Å². The molecule has 0 spiro atoms. The van der Waals surface area contributed by atoms with E-state index in [4.69, 9.17) is 4.74 Å². The van der Waals surface area contributed by atoms with Crippen LogP contribution in [-0.4, -0.2) is 53.5 Å². The molecule has 0 saturated carbocycles. The number of sulfone groups is 1. The summed E-state index contributed by atoms with van der Waals surface area (Å²) < 4.78 is 55.7. The van der Waals surface area contributed by atoms with Crippen molar-refractivity contribution in [3.63, 3.8) is 0 Å². The third-order valence-electron chi connectivity index (χ3n) is 5.62. The summed E-state index contributed by atoms with van der Waals surface area (Å²) in [6, 6.07) is 12.2. The number of carbonyl (C=O) groups is 1. The fraction of sp³-hybridized carbons (Fsp3) is 0.409. The van der Waals surface area contributed by atoms with Gasteiger partial charge < -0.3 is 10.1 Å². The largest absolute Gasteiger partial charge is 0.497 e. The van der Waals surface area contributed by atoms with Gasteiger partial charge in [-0.05, 0) is 61.7 Å². The van der Waals surface area contributed by atoms with Gasteiger partial charge in [0.1, 0.15) is 5.75 Å². The Kier molecular flexibility index (Phi) is 7.26. The molecule has 2 atom stereocenters. The first-order valence-corrected chi connectivity index (χ1v) is 13.6. The SMILES string of the molecule is COc1ccc(S(=O)(=O)N2CCC[C@H](C(=O)N[C@H](C)c3ccc(S(C)(=O)=O)cc3)C2)cc1. The second-order valence-corrected chi connectivity index (χ2v) is 11.9. The van der Waals surface area contributed by atoms with Gasteiger partial charge in [-0.3, -0.25) is 4.79 Å². The lowest BCUT2D eigenvalue weighted by Gasteiger charge is -2.32. The van der Waals surface area contributed by atoms with Crippen molar-refractivity contribution in [1.29, 1.82) is 0 Å². The Bertz CT molecular complexity index is 1160. The molecule has 174 valence electrons. The van der Waals surface area contributed by atoms with Crippen molar-refractivity contribution >= 4 is 25.8 Å². The molecule has 1 aliphatic rings. The van der Waals surface area contributed by atoms with Crippen LogP contribution in [0.25, 0.3) is 0 Å². The van der Waals surface area contributed by atoms with Gasteiger partial charge in [-0.1, -0.05) is 12.1 Å². The monoisotopic (exact) mass is 480 g/mol. The van der Waals surface area contributed by atoms with E-state index >= 15 is 0 Å². The minimum absolute atomic E-state index is 0.111. The van der Waals surface area contributed by atoms with Crippen molar-refractivity contribution in [1.82, 2.24) is 9.62 Å². The van der Waals surface area contributed by atoms with Gasteiger partial charge in [0.05, 0.1) is 28.9 Å². The number of methoxy groups -OCH3 is 1. The molecule has 3 rings (SSSR count). The maximum Gasteiger partial charge on any atom is 0.243 e. The van der Waals surface area contributed by atoms with Crippen LogP contribution < -0.4 is 10.1 Å². The first kappa shape index (κ1) is 24.2. The molecule has 1 heterocycles. The minimum atomic E-state index is -3.71. The predicted molar refractivity (Wildman–Crippen MR) is 121 cm³/mol. The number of carbonyl (C=O) groups excluding carboxylic acids is 1. The summed E-state index contributed by atoms with van der Waals surface area (Å²) in [7, 11) is -5.49. The number of benzene rings is 2. The molecule has 0 aliphatic carbocycles. The van der Waals surface area contributed by atoms with Gasteiger partial charge in [0.15, 0.2) is 9.84 Å². The summed E-state index contributed by atoms with van der Waals surface area (Å²) in [5.74, 6) is -0.118. The molecule has 32 heavy (non-hydrogen) atoms. The van der Waals surface area contributed by atoms with Crippen LogP contribution in [0.5, 0.6) is 5.75 Å². The Morgan fingerprint density at radius 2 is 1.62 bits per heavy atom. The third kappa shape index (κ3) is 5.48. The second-order valence-electron chi connectivity index (χ2n) is 7.95. The molecule has 0 radical (unpaired) electrons. The van der Waals surface area contributed by atoms with Crippen molar-refractivity contribution in [2.75, 3.05) is 26.5 Å². The van der Waals surface area contributed by atoms with Crippen molar-refractivity contribution in [3.8, 4) is 5.75 Å². The molecule has 0 bridgehead atoms. The zero-order valence-electron chi connectivity index (χ0n) is 18.3. The normalized spacial score (nSPS) is 18.7. The Morgan fingerprint density at radius 3 is 2.19 bits per heavy atom. The molecule has 8 nitrogen and oxygen atoms in total. The summed E-state index contributed by atoms with van der Waals surface area (Å²) in [5.41, 5.74) is 0.768. The zero-order valence-corrected chi connectivity index (χ0v) is 19.9. The number of ether oxygens (including phenoxy) is 1. The van der Waals surface area contributed by atoms with Crippen molar-refractivity contribution < 1.29 is 26.4 Å². The van der Waals surface area contributed by atoms with Crippen LogP contribution in [0.4, 0.5) is 0 Å². The lowest BCUT2D eigenvalue weighted by atomic mass is 9.98. The highest BCUT2D eigenvalue weighted by Gasteiger charge is 2.33. The number of piperidine rings is 1. The summed E-state index contributed by atoms with van der Waals surface area (Å²) in [5, 5.41) is 2.92. The first-order chi connectivity index (χ1) is 15.0. The summed E-state index contributed by atoms with van der Waals surface area (Å²) in [6.45, 7) is 2.28. The molecule has 0 unspecified atom stereocenters. The van der Waals surface area contributed by atoms with Crippen molar-refractivity contribution in [2.45, 2.75) is 35.6 Å². The lowest BCUT2D eigenvalue weighted by Crippen LogP contribution is -2.45. The Labute approximate surface area is 189 Å². The molecule has 2 aromatic rings. The maximum atomic E-state index is 13.0. The number of rotatable bonds is 7. The summed E-state index contributed by atoms with van der Waals surface area (Å²) in [6.07, 6.45) is 2.33. The fourth-order valence-electron chi connectivity index (χ4n) is 3.69. The van der Waals surface area contributed by atoms with Gasteiger partial charge in [0.2, 0.25) is 15.9 Å². The molecule has 10 heteroatoms. The predicted octanol–water partition coefficient (Wildman–Crippen LogP) is 2.38. The van der Waals surface area contributed by atoms with E-state index in [1.807, 2.05) is 6.92 Å². The molecule has 1 fully saturated rings. The number of sulfonamides is 1. The van der Waals surface area contributed by atoms with E-state index in [2.05, 4.69) is 5.32 Å². The van der Waals surface area contributed by atoms with Crippen LogP contribution >= 0.6 is 0 Å². The number of nitrogens with one attached hydrogen (secondary N) is 1. The van der Waals surface area contributed by atoms with Crippen LogP contribution in [0.3, 0.4) is 0 Å². The summed E-state index contributed by atoms with van der Waals surface area (Å²) >= 11 is 0. The van der Waals surface area contributed by atoms with Gasteiger partial charge in [0.25, 0.3) is 0 Å². The van der Waals surface area contributed by atoms with Gasteiger partial charge >= 0.3 is 0 Å². The average molecular weight is 481 g/mol. The van der Waals surface area contributed by atoms with Crippen LogP contribution in [-0.2, 0) is 24.7 Å². The number of nitrogens with zero attached hydrogens (tertiary/aromatic N) is 1. The van der Waals surface area contributed by atoms with E-state index < -0.39 is 25.8 Å². The van der Waals surface area contributed by atoms with Crippen LogP contribution in [0, 0.1) is 5.92 Å². The molecule has 1 saturated heterocycles. The van der Waals surface area contributed by atoms with E-state index in [0.29, 0.717) is 25.1 Å². The standard InChI is InChI=1S/C22H28N2O6S2/c1-16(17-6-10-20(11-7-17)31(3,26)27)23-22(25)18-5-4-14-24(15-18)32(28,29)21-12-8-19(30-2)9-13-21/h6-13,16,18H,4-5,14-15H2,1-3H3,(H,23,25)/t16-,18+/m1/s1. The second kappa shape index (κ2) is 9.60. The van der Waals surface area contributed by atoms with Crippen LogP contribution in [0.15, 0.2) is 58.3 Å². The lowest BCUT2D eigenvalue weighted by molar-refractivity contribution is -0.126. The van der Waals surface area contributed by atoms with Crippen LogP contribution in [0.2, 0.25) is 0 Å². The minimum Gasteiger partial charge on any atom is -0.497 e. The smallest absolute Gasteiger partial charge is 0.243 e. The Morgan fingerprint density at radius 1 is 1.03 bits per heavy atom. The van der Waals surface area contributed by atoms with E-state index in [0.717, 1.165) is 11.8 Å². The summed E-state index contributed by atoms with van der Waals surface area (Å²) in [4.78, 5) is 13.2. The molecule has 0 aromatic heterocycles. The molecule has 1 N–H and O–H groups in total. The molecule has 2 aromatic carbocycles. The maximum absolute atomic E-state index is 13.0. The van der Waals surface area contributed by atoms with E-state index in [-0.39, 0.29) is 28.3 Å². The fourth-order valence-corrected chi connectivity index (χ4v) is 5.84. The van der Waals surface area contributed by atoms with Crippen molar-refractivity contribution in [3.05, 3.63) is 54.1 Å². The highest BCUT2D eigenvalue weighted by Crippen LogP contribution is 2.26.